The van der Waals surface area contributed by atoms with Crippen LogP contribution in [0.3, 0.4) is 0 Å². The Morgan fingerprint density at radius 1 is 1.53 bits per heavy atom. The third-order valence-electron chi connectivity index (χ3n) is 3.38. The van der Waals surface area contributed by atoms with Crippen LogP contribution in [0.4, 0.5) is 0 Å². The Morgan fingerprint density at radius 2 is 2.26 bits per heavy atom. The summed E-state index contributed by atoms with van der Waals surface area (Å²) < 4.78 is 24.9. The van der Waals surface area contributed by atoms with Crippen molar-refractivity contribution in [2.75, 3.05) is 19.8 Å². The molecule has 0 bridgehead atoms. The summed E-state index contributed by atoms with van der Waals surface area (Å²) in [5.41, 5.74) is 1.80. The van der Waals surface area contributed by atoms with Crippen LogP contribution in [0.25, 0.3) is 0 Å². The highest BCUT2D eigenvalue weighted by Gasteiger charge is 2.26. The molecule has 0 aromatic carbocycles. The number of sulfonamides is 1. The third kappa shape index (κ3) is 3.71. The van der Waals surface area contributed by atoms with Gasteiger partial charge < -0.3 is 0 Å². The van der Waals surface area contributed by atoms with Gasteiger partial charge >= 0.3 is 0 Å². The van der Waals surface area contributed by atoms with E-state index < -0.39 is 10.0 Å². The number of aryl methyl sites for hydroxylation is 1. The molecule has 1 aliphatic heterocycles. The fourth-order valence-electron chi connectivity index (χ4n) is 2.40. The molecular formula is C12H20N4O2S. The molecule has 0 amide bonds. The molecule has 0 spiro atoms. The minimum absolute atomic E-state index is 0.249. The van der Waals surface area contributed by atoms with E-state index in [1.54, 1.807) is 6.20 Å². The van der Waals surface area contributed by atoms with Crippen LogP contribution in [-0.2, 0) is 16.6 Å². The second kappa shape index (κ2) is 5.52. The SMILES string of the molecule is Cc1ncc(CNS(C)(=O)=O)c([C@@H]2CCCN2C)n1. The molecule has 2 heterocycles. The van der Waals surface area contributed by atoms with E-state index in [9.17, 15) is 8.42 Å². The number of rotatable bonds is 4. The number of hydrogen-bond acceptors (Lipinski definition) is 5. The number of aromatic nitrogens is 2. The molecular weight excluding hydrogens is 264 g/mol. The summed E-state index contributed by atoms with van der Waals surface area (Å²) in [5, 5.41) is 0. The van der Waals surface area contributed by atoms with E-state index in [1.165, 1.54) is 0 Å². The van der Waals surface area contributed by atoms with Crippen molar-refractivity contribution in [3.63, 3.8) is 0 Å². The fraction of sp³-hybridized carbons (Fsp3) is 0.667. The topological polar surface area (TPSA) is 75.2 Å². The summed E-state index contributed by atoms with van der Waals surface area (Å²) in [6.07, 6.45) is 5.08. The van der Waals surface area contributed by atoms with E-state index in [-0.39, 0.29) is 12.6 Å². The number of nitrogens with zero attached hydrogens (tertiary/aromatic N) is 3. The zero-order valence-corrected chi connectivity index (χ0v) is 12.4. The first kappa shape index (κ1) is 14.4. The van der Waals surface area contributed by atoms with Crippen LogP contribution in [-0.4, -0.2) is 43.1 Å². The standard InChI is InChI=1S/C12H20N4O2S/c1-9-13-7-10(8-14-19(3,17)18)12(15-9)11-5-4-6-16(11)2/h7,11,14H,4-6,8H2,1-3H3/t11-/m0/s1. The van der Waals surface area contributed by atoms with Crippen LogP contribution in [0.1, 0.15) is 36.0 Å². The highest BCUT2D eigenvalue weighted by molar-refractivity contribution is 7.88. The summed E-state index contributed by atoms with van der Waals surface area (Å²) in [5.74, 6) is 0.721. The minimum atomic E-state index is -3.21. The molecule has 1 aromatic rings. The molecule has 6 nitrogen and oxygen atoms in total. The van der Waals surface area contributed by atoms with E-state index in [0.29, 0.717) is 0 Å². The van der Waals surface area contributed by atoms with Crippen LogP contribution < -0.4 is 4.72 Å². The van der Waals surface area contributed by atoms with Gasteiger partial charge in [0.2, 0.25) is 10.0 Å². The average molecular weight is 284 g/mol. The van der Waals surface area contributed by atoms with Gasteiger partial charge in [0.15, 0.2) is 0 Å². The number of nitrogens with one attached hydrogen (secondary N) is 1. The first-order valence-electron chi connectivity index (χ1n) is 6.34. The lowest BCUT2D eigenvalue weighted by molar-refractivity contribution is 0.309. The van der Waals surface area contributed by atoms with E-state index in [4.69, 9.17) is 0 Å². The van der Waals surface area contributed by atoms with Gasteiger partial charge in [0.1, 0.15) is 5.82 Å². The van der Waals surface area contributed by atoms with Gasteiger partial charge in [0, 0.05) is 18.3 Å². The highest BCUT2D eigenvalue weighted by atomic mass is 32.2. The molecule has 0 aliphatic carbocycles. The van der Waals surface area contributed by atoms with Crippen molar-refractivity contribution >= 4 is 10.0 Å². The molecule has 7 heteroatoms. The molecule has 1 aliphatic rings. The second-order valence-corrected chi connectivity index (χ2v) is 6.89. The molecule has 0 radical (unpaired) electrons. The maximum absolute atomic E-state index is 11.2. The summed E-state index contributed by atoms with van der Waals surface area (Å²) in [7, 11) is -1.13. The molecule has 1 aromatic heterocycles. The lowest BCUT2D eigenvalue weighted by Gasteiger charge is -2.21. The maximum atomic E-state index is 11.2. The molecule has 19 heavy (non-hydrogen) atoms. The zero-order valence-electron chi connectivity index (χ0n) is 11.5. The van der Waals surface area contributed by atoms with Gasteiger partial charge in [0.25, 0.3) is 0 Å². The predicted octanol–water partition coefficient (Wildman–Crippen LogP) is 0.601. The van der Waals surface area contributed by atoms with Crippen LogP contribution in [0.5, 0.6) is 0 Å². The van der Waals surface area contributed by atoms with Gasteiger partial charge in [-0.3, -0.25) is 4.90 Å². The molecule has 1 atom stereocenters. The van der Waals surface area contributed by atoms with Gasteiger partial charge in [-0.2, -0.15) is 0 Å². The summed E-state index contributed by atoms with van der Waals surface area (Å²) in [4.78, 5) is 10.9. The van der Waals surface area contributed by atoms with Crippen molar-refractivity contribution in [2.24, 2.45) is 0 Å². The van der Waals surface area contributed by atoms with Crippen molar-refractivity contribution in [3.8, 4) is 0 Å². The van der Waals surface area contributed by atoms with Crippen LogP contribution in [0.2, 0.25) is 0 Å². The van der Waals surface area contributed by atoms with E-state index >= 15 is 0 Å². The number of hydrogen-bond donors (Lipinski definition) is 1. The van der Waals surface area contributed by atoms with Crippen LogP contribution in [0.15, 0.2) is 6.20 Å². The van der Waals surface area contributed by atoms with Crippen molar-refractivity contribution < 1.29 is 8.42 Å². The largest absolute Gasteiger partial charge is 0.298 e. The van der Waals surface area contributed by atoms with Gasteiger partial charge in [-0.05, 0) is 33.4 Å². The Hall–Kier alpha value is -1.05. The third-order valence-corrected chi connectivity index (χ3v) is 4.05. The van der Waals surface area contributed by atoms with Crippen molar-refractivity contribution in [1.29, 1.82) is 0 Å². The maximum Gasteiger partial charge on any atom is 0.209 e. The average Bonchev–Trinajstić information content (AvgIpc) is 2.72. The summed E-state index contributed by atoms with van der Waals surface area (Å²) in [6, 6.07) is 0.262. The minimum Gasteiger partial charge on any atom is -0.298 e. The van der Waals surface area contributed by atoms with E-state index in [0.717, 1.165) is 42.7 Å². The fourth-order valence-corrected chi connectivity index (χ4v) is 2.82. The molecule has 106 valence electrons. The highest BCUT2D eigenvalue weighted by Crippen LogP contribution is 2.30. The number of likely N-dealkylation sites (tertiary alicyclic amines) is 1. The Kier molecular flexibility index (Phi) is 4.17. The quantitative estimate of drug-likeness (QED) is 0.876. The summed E-state index contributed by atoms with van der Waals surface area (Å²) >= 11 is 0. The van der Waals surface area contributed by atoms with Crippen molar-refractivity contribution in [1.82, 2.24) is 19.6 Å². The van der Waals surface area contributed by atoms with Crippen LogP contribution in [0, 0.1) is 6.92 Å². The van der Waals surface area contributed by atoms with Gasteiger partial charge in [-0.15, -0.1) is 0 Å². The molecule has 2 rings (SSSR count). The molecule has 0 unspecified atom stereocenters. The predicted molar refractivity (Wildman–Crippen MR) is 73.1 cm³/mol. The lowest BCUT2D eigenvalue weighted by atomic mass is 10.1. The van der Waals surface area contributed by atoms with Gasteiger partial charge in [-0.25, -0.2) is 23.1 Å². The lowest BCUT2D eigenvalue weighted by Crippen LogP contribution is -2.25. The Labute approximate surface area is 114 Å². The van der Waals surface area contributed by atoms with Crippen molar-refractivity contribution in [3.05, 3.63) is 23.3 Å². The molecule has 1 N–H and O–H groups in total. The molecule has 0 saturated carbocycles. The van der Waals surface area contributed by atoms with Gasteiger partial charge in [0.05, 0.1) is 18.0 Å². The molecule has 1 saturated heterocycles. The normalized spacial score (nSPS) is 20.9. The first-order valence-corrected chi connectivity index (χ1v) is 8.23. The zero-order chi connectivity index (χ0) is 14.0. The van der Waals surface area contributed by atoms with E-state index in [1.807, 2.05) is 6.92 Å². The van der Waals surface area contributed by atoms with E-state index in [2.05, 4.69) is 26.6 Å². The van der Waals surface area contributed by atoms with Crippen LogP contribution >= 0.6 is 0 Å². The molecule has 1 fully saturated rings. The van der Waals surface area contributed by atoms with Gasteiger partial charge in [-0.1, -0.05) is 0 Å². The Bertz CT molecular complexity index is 559. The first-order chi connectivity index (χ1) is 8.87. The monoisotopic (exact) mass is 284 g/mol. The smallest absolute Gasteiger partial charge is 0.209 e. The second-order valence-electron chi connectivity index (χ2n) is 5.06. The Balaban J connectivity index is 2.27. The Morgan fingerprint density at radius 3 is 2.84 bits per heavy atom. The van der Waals surface area contributed by atoms with Crippen molar-refractivity contribution in [2.45, 2.75) is 32.4 Å². The summed E-state index contributed by atoms with van der Waals surface area (Å²) in [6.45, 7) is 3.15.